The molecule has 0 bridgehead atoms. The molecule has 2 aromatic carbocycles. The molecule has 1 aliphatic heterocycles. The summed E-state index contributed by atoms with van der Waals surface area (Å²) in [6, 6.07) is 12.1. The minimum atomic E-state index is -0.617. The summed E-state index contributed by atoms with van der Waals surface area (Å²) in [5.41, 5.74) is 1.53. The smallest absolute Gasteiger partial charge is 0.123 e. The van der Waals surface area contributed by atoms with Gasteiger partial charge in [-0.3, -0.25) is 4.90 Å². The van der Waals surface area contributed by atoms with Crippen LogP contribution in [0.2, 0.25) is 0 Å². The summed E-state index contributed by atoms with van der Waals surface area (Å²) in [5.74, 6) is -0.650. The number of β-amino-alcohol motifs (C(OH)–C–C–N with tert-alkyl or cyclic N) is 1. The highest BCUT2D eigenvalue weighted by Gasteiger charge is 2.24. The molecule has 1 fully saturated rings. The zero-order chi connectivity index (χ0) is 19.2. The van der Waals surface area contributed by atoms with Crippen LogP contribution in [0.3, 0.4) is 0 Å². The molecule has 27 heavy (non-hydrogen) atoms. The van der Waals surface area contributed by atoms with E-state index in [0.29, 0.717) is 11.8 Å². The number of hydrogen-bond acceptors (Lipinski definition) is 4. The maximum Gasteiger partial charge on any atom is 0.123 e. The van der Waals surface area contributed by atoms with Crippen LogP contribution in [0, 0.1) is 11.6 Å². The van der Waals surface area contributed by atoms with Crippen LogP contribution in [0.15, 0.2) is 48.5 Å². The highest BCUT2D eigenvalue weighted by molar-refractivity contribution is 7.99. The molecule has 1 N–H and O–H groups in total. The minimum absolute atomic E-state index is 0.153. The molecule has 0 aliphatic carbocycles. The zero-order valence-corrected chi connectivity index (χ0v) is 16.2. The lowest BCUT2D eigenvalue weighted by Gasteiger charge is -2.24. The van der Waals surface area contributed by atoms with Crippen molar-refractivity contribution >= 4 is 11.8 Å². The van der Waals surface area contributed by atoms with Crippen molar-refractivity contribution in [2.75, 3.05) is 32.5 Å². The molecule has 2 unspecified atom stereocenters. The van der Waals surface area contributed by atoms with Crippen LogP contribution in [0.4, 0.5) is 8.78 Å². The zero-order valence-electron chi connectivity index (χ0n) is 15.4. The second-order valence-electron chi connectivity index (χ2n) is 6.88. The van der Waals surface area contributed by atoms with Crippen molar-refractivity contribution in [2.24, 2.45) is 0 Å². The maximum absolute atomic E-state index is 13.3. The Bertz CT molecular complexity index is 666. The number of thioether (sulfide) groups is 1. The Morgan fingerprint density at radius 3 is 2.11 bits per heavy atom. The highest BCUT2D eigenvalue weighted by Crippen LogP contribution is 2.27. The Morgan fingerprint density at radius 1 is 1.07 bits per heavy atom. The van der Waals surface area contributed by atoms with Gasteiger partial charge in [-0.1, -0.05) is 24.3 Å². The van der Waals surface area contributed by atoms with Crippen LogP contribution >= 0.6 is 11.8 Å². The van der Waals surface area contributed by atoms with Crippen molar-refractivity contribution in [3.05, 3.63) is 71.3 Å². The number of aliphatic hydroxyl groups excluding tert-OH is 1. The molecule has 0 saturated carbocycles. The van der Waals surface area contributed by atoms with Gasteiger partial charge in [0.1, 0.15) is 17.7 Å². The van der Waals surface area contributed by atoms with E-state index < -0.39 is 12.2 Å². The number of hydrogen-bond donors (Lipinski definition) is 1. The van der Waals surface area contributed by atoms with E-state index in [1.807, 2.05) is 11.8 Å². The van der Waals surface area contributed by atoms with Gasteiger partial charge in [0, 0.05) is 18.3 Å². The summed E-state index contributed by atoms with van der Waals surface area (Å²) in [7, 11) is 0. The molecule has 2 atom stereocenters. The van der Waals surface area contributed by atoms with Gasteiger partial charge in [-0.05, 0) is 54.6 Å². The third-order valence-electron chi connectivity index (χ3n) is 4.83. The Kier molecular flexibility index (Phi) is 7.24. The van der Waals surface area contributed by atoms with Crippen molar-refractivity contribution < 1.29 is 18.6 Å². The van der Waals surface area contributed by atoms with Gasteiger partial charge in [0.15, 0.2) is 0 Å². The largest absolute Gasteiger partial charge is 0.389 e. The molecular formula is C21H25F2NO2S. The second-order valence-corrected chi connectivity index (χ2v) is 8.01. The van der Waals surface area contributed by atoms with E-state index in [1.165, 1.54) is 24.3 Å². The van der Waals surface area contributed by atoms with Crippen LogP contribution in [0.5, 0.6) is 0 Å². The Hall–Kier alpha value is -1.47. The first-order valence-electron chi connectivity index (χ1n) is 9.11. The number of rotatable bonds is 8. The number of benzene rings is 2. The van der Waals surface area contributed by atoms with Gasteiger partial charge < -0.3 is 9.84 Å². The van der Waals surface area contributed by atoms with Crippen LogP contribution < -0.4 is 0 Å². The molecule has 1 aliphatic rings. The van der Waals surface area contributed by atoms with E-state index in [-0.39, 0.29) is 18.2 Å². The fourth-order valence-corrected chi connectivity index (χ4v) is 4.07. The predicted molar refractivity (Wildman–Crippen MR) is 105 cm³/mol. The number of likely N-dealkylation sites (tertiary alicyclic amines) is 1. The number of aliphatic hydroxyl groups is 1. The molecule has 3 rings (SSSR count). The molecule has 0 spiro atoms. The first kappa shape index (κ1) is 20.3. The summed E-state index contributed by atoms with van der Waals surface area (Å²) >= 11 is 1.86. The quantitative estimate of drug-likeness (QED) is 0.738. The molecule has 0 radical (unpaired) electrons. The SMILES string of the molecule is CSC1CCN(CC(O)COC(c2ccc(F)cc2)c2ccc(F)cc2)C1. The fourth-order valence-electron chi connectivity index (χ4n) is 3.37. The van der Waals surface area contributed by atoms with Gasteiger partial charge in [0.05, 0.1) is 12.7 Å². The monoisotopic (exact) mass is 393 g/mol. The molecule has 1 heterocycles. The molecule has 146 valence electrons. The maximum atomic E-state index is 13.3. The lowest BCUT2D eigenvalue weighted by molar-refractivity contribution is -0.00571. The molecule has 1 saturated heterocycles. The molecule has 3 nitrogen and oxygen atoms in total. The average molecular weight is 393 g/mol. The average Bonchev–Trinajstić information content (AvgIpc) is 3.12. The van der Waals surface area contributed by atoms with E-state index in [2.05, 4.69) is 11.2 Å². The third-order valence-corrected chi connectivity index (χ3v) is 5.88. The van der Waals surface area contributed by atoms with E-state index in [9.17, 15) is 13.9 Å². The van der Waals surface area contributed by atoms with Crippen LogP contribution in [0.25, 0.3) is 0 Å². The summed E-state index contributed by atoms with van der Waals surface area (Å²) < 4.78 is 32.5. The predicted octanol–water partition coefficient (Wildman–Crippen LogP) is 3.87. The summed E-state index contributed by atoms with van der Waals surface area (Å²) in [6.07, 6.45) is 2.15. The van der Waals surface area contributed by atoms with E-state index >= 15 is 0 Å². The highest BCUT2D eigenvalue weighted by atomic mass is 32.2. The number of halogens is 2. The molecular weight excluding hydrogens is 368 g/mol. The Balaban J connectivity index is 1.64. The lowest BCUT2D eigenvalue weighted by Crippen LogP contribution is -2.34. The number of nitrogens with zero attached hydrogens (tertiary/aromatic N) is 1. The standard InChI is InChI=1S/C21H25F2NO2S/c1-27-20-10-11-24(13-20)12-19(25)14-26-21(15-2-6-17(22)7-3-15)16-4-8-18(23)9-5-16/h2-9,19-21,25H,10-14H2,1H3. The van der Waals surface area contributed by atoms with Crippen molar-refractivity contribution in [1.82, 2.24) is 4.90 Å². The minimum Gasteiger partial charge on any atom is -0.389 e. The summed E-state index contributed by atoms with van der Waals surface area (Å²) in [5, 5.41) is 11.0. The molecule has 0 amide bonds. The van der Waals surface area contributed by atoms with Gasteiger partial charge in [-0.15, -0.1) is 0 Å². The van der Waals surface area contributed by atoms with Gasteiger partial charge in [-0.2, -0.15) is 11.8 Å². The summed E-state index contributed by atoms with van der Waals surface area (Å²) in [4.78, 5) is 2.25. The van der Waals surface area contributed by atoms with Gasteiger partial charge in [-0.25, -0.2) is 8.78 Å². The summed E-state index contributed by atoms with van der Waals surface area (Å²) in [6.45, 7) is 2.69. The first-order valence-corrected chi connectivity index (χ1v) is 10.4. The molecule has 0 aromatic heterocycles. The van der Waals surface area contributed by atoms with Crippen molar-refractivity contribution in [2.45, 2.75) is 23.9 Å². The van der Waals surface area contributed by atoms with Crippen LogP contribution in [-0.2, 0) is 4.74 Å². The fraction of sp³-hybridized carbons (Fsp3) is 0.429. The van der Waals surface area contributed by atoms with Gasteiger partial charge in [0.2, 0.25) is 0 Å². The van der Waals surface area contributed by atoms with Gasteiger partial charge >= 0.3 is 0 Å². The van der Waals surface area contributed by atoms with E-state index in [1.54, 1.807) is 24.3 Å². The Labute approximate surface area is 163 Å². The van der Waals surface area contributed by atoms with Crippen molar-refractivity contribution in [1.29, 1.82) is 0 Å². The normalized spacial score (nSPS) is 18.9. The van der Waals surface area contributed by atoms with E-state index in [0.717, 1.165) is 30.6 Å². The van der Waals surface area contributed by atoms with Crippen LogP contribution in [-0.4, -0.2) is 53.9 Å². The lowest BCUT2D eigenvalue weighted by atomic mass is 10.0. The van der Waals surface area contributed by atoms with E-state index in [4.69, 9.17) is 4.74 Å². The topological polar surface area (TPSA) is 32.7 Å². The van der Waals surface area contributed by atoms with Gasteiger partial charge in [0.25, 0.3) is 0 Å². The Morgan fingerprint density at radius 2 is 1.63 bits per heavy atom. The van der Waals surface area contributed by atoms with Crippen LogP contribution in [0.1, 0.15) is 23.7 Å². The second kappa shape index (κ2) is 9.64. The van der Waals surface area contributed by atoms with Crippen molar-refractivity contribution in [3.63, 3.8) is 0 Å². The first-order chi connectivity index (χ1) is 13.0. The number of ether oxygens (including phenoxy) is 1. The molecule has 2 aromatic rings. The van der Waals surface area contributed by atoms with Crippen molar-refractivity contribution in [3.8, 4) is 0 Å². The third kappa shape index (κ3) is 5.75. The molecule has 6 heteroatoms.